The van der Waals surface area contributed by atoms with E-state index in [1.807, 2.05) is 18.2 Å². The van der Waals surface area contributed by atoms with E-state index in [1.54, 1.807) is 0 Å². The summed E-state index contributed by atoms with van der Waals surface area (Å²) in [6.45, 7) is 4.27. The highest BCUT2D eigenvalue weighted by Crippen LogP contribution is 2.29. The van der Waals surface area contributed by atoms with Crippen LogP contribution in [0.2, 0.25) is 0 Å². The Labute approximate surface area is 188 Å². The number of aromatic nitrogens is 2. The third kappa shape index (κ3) is 4.36. The van der Waals surface area contributed by atoms with Gasteiger partial charge >= 0.3 is 0 Å². The van der Waals surface area contributed by atoms with Crippen LogP contribution in [0, 0.1) is 6.92 Å². The van der Waals surface area contributed by atoms with Crippen LogP contribution in [0.4, 0.5) is 0 Å². The van der Waals surface area contributed by atoms with Gasteiger partial charge in [-0.1, -0.05) is 66.7 Å². The van der Waals surface area contributed by atoms with Crippen molar-refractivity contribution < 1.29 is 4.74 Å². The van der Waals surface area contributed by atoms with Crippen LogP contribution in [0.5, 0.6) is 5.75 Å². The second-order valence-corrected chi connectivity index (χ2v) is 8.11. The van der Waals surface area contributed by atoms with Gasteiger partial charge in [-0.15, -0.1) is 0 Å². The topological polar surface area (TPSA) is 49.9 Å². The fourth-order valence-corrected chi connectivity index (χ4v) is 4.11. The molecule has 0 bridgehead atoms. The SMILES string of the molecule is Cc1ccccc1COc1ccc2ccccc2c1CNCCc1nc2ccccc2[nH]1. The molecule has 0 radical (unpaired) electrons. The van der Waals surface area contributed by atoms with E-state index >= 15 is 0 Å². The zero-order valence-electron chi connectivity index (χ0n) is 18.3. The second-order valence-electron chi connectivity index (χ2n) is 8.11. The van der Waals surface area contributed by atoms with Crippen molar-refractivity contribution in [3.05, 3.63) is 107 Å². The van der Waals surface area contributed by atoms with E-state index in [2.05, 4.69) is 88.9 Å². The summed E-state index contributed by atoms with van der Waals surface area (Å²) in [5.74, 6) is 1.94. The van der Waals surface area contributed by atoms with Gasteiger partial charge in [-0.05, 0) is 47.0 Å². The van der Waals surface area contributed by atoms with Gasteiger partial charge in [0.15, 0.2) is 0 Å². The monoisotopic (exact) mass is 421 g/mol. The van der Waals surface area contributed by atoms with Crippen molar-refractivity contribution in [1.82, 2.24) is 15.3 Å². The number of nitrogens with one attached hydrogen (secondary N) is 2. The van der Waals surface area contributed by atoms with Crippen molar-refractivity contribution in [3.63, 3.8) is 0 Å². The lowest BCUT2D eigenvalue weighted by molar-refractivity contribution is 0.302. The normalized spacial score (nSPS) is 11.3. The first kappa shape index (κ1) is 20.3. The highest BCUT2D eigenvalue weighted by Gasteiger charge is 2.10. The lowest BCUT2D eigenvalue weighted by Crippen LogP contribution is -2.18. The summed E-state index contributed by atoms with van der Waals surface area (Å²) in [6, 6.07) is 29.2. The molecule has 0 aliphatic heterocycles. The van der Waals surface area contributed by atoms with Crippen molar-refractivity contribution in [2.45, 2.75) is 26.5 Å². The molecule has 0 unspecified atom stereocenters. The molecule has 0 spiro atoms. The Hall–Kier alpha value is -3.63. The van der Waals surface area contributed by atoms with Crippen molar-refractivity contribution in [3.8, 4) is 5.75 Å². The largest absolute Gasteiger partial charge is 0.489 e. The van der Waals surface area contributed by atoms with Crippen LogP contribution in [0.25, 0.3) is 21.8 Å². The first-order valence-corrected chi connectivity index (χ1v) is 11.1. The molecule has 1 heterocycles. The molecular weight excluding hydrogens is 394 g/mol. The van der Waals surface area contributed by atoms with Gasteiger partial charge in [0, 0.05) is 25.1 Å². The van der Waals surface area contributed by atoms with Crippen LogP contribution in [0.15, 0.2) is 84.9 Å². The molecule has 0 saturated heterocycles. The fraction of sp³-hybridized carbons (Fsp3) is 0.179. The molecule has 0 amide bonds. The molecule has 160 valence electrons. The standard InChI is InChI=1S/C28H27N3O/c1-20-8-2-3-10-22(20)19-32-27-15-14-21-9-4-5-11-23(21)24(27)18-29-17-16-28-30-25-12-6-7-13-26(25)31-28/h2-15,29H,16-19H2,1H3,(H,30,31). The minimum atomic E-state index is 0.566. The first-order valence-electron chi connectivity index (χ1n) is 11.1. The van der Waals surface area contributed by atoms with Gasteiger partial charge in [-0.2, -0.15) is 0 Å². The van der Waals surface area contributed by atoms with Crippen LogP contribution in [0.3, 0.4) is 0 Å². The quantitative estimate of drug-likeness (QED) is 0.305. The molecule has 4 nitrogen and oxygen atoms in total. The average Bonchev–Trinajstić information content (AvgIpc) is 3.24. The van der Waals surface area contributed by atoms with E-state index in [0.29, 0.717) is 6.61 Å². The maximum atomic E-state index is 6.31. The number of imidazole rings is 1. The third-order valence-electron chi connectivity index (χ3n) is 5.92. The van der Waals surface area contributed by atoms with E-state index in [4.69, 9.17) is 4.74 Å². The minimum absolute atomic E-state index is 0.566. The Morgan fingerprint density at radius 1 is 0.875 bits per heavy atom. The summed E-state index contributed by atoms with van der Waals surface area (Å²) >= 11 is 0. The van der Waals surface area contributed by atoms with Crippen LogP contribution < -0.4 is 10.1 Å². The molecule has 2 N–H and O–H groups in total. The van der Waals surface area contributed by atoms with Gasteiger partial charge in [0.1, 0.15) is 18.2 Å². The number of hydrogen-bond donors (Lipinski definition) is 2. The van der Waals surface area contributed by atoms with E-state index < -0.39 is 0 Å². The smallest absolute Gasteiger partial charge is 0.124 e. The first-order chi connectivity index (χ1) is 15.8. The number of H-pyrrole nitrogens is 1. The van der Waals surface area contributed by atoms with Gasteiger partial charge in [-0.3, -0.25) is 0 Å². The molecule has 1 aromatic heterocycles. The summed E-state index contributed by atoms with van der Waals surface area (Å²) in [5, 5.41) is 6.05. The van der Waals surface area contributed by atoms with Gasteiger partial charge in [-0.25, -0.2) is 4.98 Å². The maximum absolute atomic E-state index is 6.31. The van der Waals surface area contributed by atoms with Crippen molar-refractivity contribution in [2.24, 2.45) is 0 Å². The Balaban J connectivity index is 1.30. The fourth-order valence-electron chi connectivity index (χ4n) is 4.11. The molecule has 0 aliphatic rings. The summed E-state index contributed by atoms with van der Waals surface area (Å²) in [4.78, 5) is 8.08. The summed E-state index contributed by atoms with van der Waals surface area (Å²) in [6.07, 6.45) is 0.846. The zero-order chi connectivity index (χ0) is 21.8. The minimum Gasteiger partial charge on any atom is -0.489 e. The predicted molar refractivity (Wildman–Crippen MR) is 131 cm³/mol. The van der Waals surface area contributed by atoms with E-state index in [1.165, 1.54) is 27.5 Å². The van der Waals surface area contributed by atoms with Crippen molar-refractivity contribution in [1.29, 1.82) is 0 Å². The maximum Gasteiger partial charge on any atom is 0.124 e. The Morgan fingerprint density at radius 3 is 2.59 bits per heavy atom. The van der Waals surface area contributed by atoms with Crippen molar-refractivity contribution >= 4 is 21.8 Å². The molecule has 32 heavy (non-hydrogen) atoms. The molecule has 4 aromatic carbocycles. The molecule has 5 rings (SSSR count). The van der Waals surface area contributed by atoms with Crippen LogP contribution in [0.1, 0.15) is 22.5 Å². The van der Waals surface area contributed by atoms with Crippen LogP contribution in [-0.4, -0.2) is 16.5 Å². The molecule has 4 heteroatoms. The number of para-hydroxylation sites is 2. The van der Waals surface area contributed by atoms with Gasteiger partial charge in [0.2, 0.25) is 0 Å². The van der Waals surface area contributed by atoms with Gasteiger partial charge in [0.25, 0.3) is 0 Å². The molecule has 0 saturated carbocycles. The van der Waals surface area contributed by atoms with E-state index in [0.717, 1.165) is 42.1 Å². The molecule has 0 aliphatic carbocycles. The van der Waals surface area contributed by atoms with E-state index in [9.17, 15) is 0 Å². The third-order valence-corrected chi connectivity index (χ3v) is 5.92. The number of fused-ring (bicyclic) bond motifs is 2. The highest BCUT2D eigenvalue weighted by molar-refractivity contribution is 5.87. The summed E-state index contributed by atoms with van der Waals surface area (Å²) < 4.78 is 6.31. The number of rotatable bonds is 8. The number of ether oxygens (including phenoxy) is 1. The number of aromatic amines is 1. The van der Waals surface area contributed by atoms with Gasteiger partial charge in [0.05, 0.1) is 11.0 Å². The predicted octanol–water partition coefficient (Wildman–Crippen LogP) is 5.94. The van der Waals surface area contributed by atoms with Crippen LogP contribution in [-0.2, 0) is 19.6 Å². The molecule has 5 aromatic rings. The second kappa shape index (κ2) is 9.25. The molecular formula is C28H27N3O. The van der Waals surface area contributed by atoms with Crippen LogP contribution >= 0.6 is 0 Å². The van der Waals surface area contributed by atoms with Gasteiger partial charge < -0.3 is 15.0 Å². The lowest BCUT2D eigenvalue weighted by atomic mass is 10.0. The molecule has 0 atom stereocenters. The Kier molecular flexibility index (Phi) is 5.86. The summed E-state index contributed by atoms with van der Waals surface area (Å²) in [5.41, 5.74) is 5.76. The lowest BCUT2D eigenvalue weighted by Gasteiger charge is -2.16. The molecule has 0 fully saturated rings. The van der Waals surface area contributed by atoms with E-state index in [-0.39, 0.29) is 0 Å². The number of hydrogen-bond acceptors (Lipinski definition) is 3. The number of aryl methyl sites for hydroxylation is 1. The Bertz CT molecular complexity index is 1320. The average molecular weight is 422 g/mol. The van der Waals surface area contributed by atoms with Crippen molar-refractivity contribution in [2.75, 3.05) is 6.54 Å². The highest BCUT2D eigenvalue weighted by atomic mass is 16.5. The zero-order valence-corrected chi connectivity index (χ0v) is 18.3. The summed E-state index contributed by atoms with van der Waals surface area (Å²) in [7, 11) is 0. The number of nitrogens with zero attached hydrogens (tertiary/aromatic N) is 1. The Morgan fingerprint density at radius 2 is 1.69 bits per heavy atom. The number of benzene rings is 4.